The monoisotopic (exact) mass is 257 g/mol. The molecule has 2 unspecified atom stereocenters. The van der Waals surface area contributed by atoms with Gasteiger partial charge in [0.05, 0.1) is 18.8 Å². The zero-order valence-corrected chi connectivity index (χ0v) is 11.7. The first-order chi connectivity index (χ1) is 8.62. The highest BCUT2D eigenvalue weighted by Gasteiger charge is 2.35. The van der Waals surface area contributed by atoms with E-state index in [9.17, 15) is 9.90 Å². The molecule has 2 atom stereocenters. The summed E-state index contributed by atoms with van der Waals surface area (Å²) in [6.07, 6.45) is 5.39. The van der Waals surface area contributed by atoms with Crippen molar-refractivity contribution in [2.45, 2.75) is 57.9 Å². The van der Waals surface area contributed by atoms with Gasteiger partial charge in [-0.1, -0.05) is 26.7 Å². The number of hydrogen-bond donors (Lipinski definition) is 2. The SMILES string of the molecule is CCCOCCC(=O)NC1(CO)CCCC(C)C1. The molecule has 1 aliphatic rings. The van der Waals surface area contributed by atoms with E-state index in [0.717, 1.165) is 25.7 Å². The van der Waals surface area contributed by atoms with E-state index in [1.807, 2.05) is 6.92 Å². The lowest BCUT2D eigenvalue weighted by Crippen LogP contribution is -2.54. The summed E-state index contributed by atoms with van der Waals surface area (Å²) >= 11 is 0. The highest BCUT2D eigenvalue weighted by atomic mass is 16.5. The van der Waals surface area contributed by atoms with E-state index in [4.69, 9.17) is 4.74 Å². The third-order valence-electron chi connectivity index (χ3n) is 3.62. The van der Waals surface area contributed by atoms with Gasteiger partial charge in [0.1, 0.15) is 0 Å². The third kappa shape index (κ3) is 4.94. The van der Waals surface area contributed by atoms with Crippen LogP contribution in [0.5, 0.6) is 0 Å². The fourth-order valence-electron chi connectivity index (χ4n) is 2.73. The third-order valence-corrected chi connectivity index (χ3v) is 3.62. The summed E-state index contributed by atoms with van der Waals surface area (Å²) in [5.41, 5.74) is -0.389. The zero-order valence-electron chi connectivity index (χ0n) is 11.7. The molecule has 0 radical (unpaired) electrons. The molecule has 0 bridgehead atoms. The van der Waals surface area contributed by atoms with Crippen LogP contribution in [0.1, 0.15) is 52.4 Å². The fraction of sp³-hybridized carbons (Fsp3) is 0.929. The van der Waals surface area contributed by atoms with Crippen molar-refractivity contribution in [3.05, 3.63) is 0 Å². The fourth-order valence-corrected chi connectivity index (χ4v) is 2.73. The van der Waals surface area contributed by atoms with E-state index in [-0.39, 0.29) is 18.1 Å². The Balaban J connectivity index is 2.35. The average molecular weight is 257 g/mol. The number of ether oxygens (including phenoxy) is 1. The first-order valence-electron chi connectivity index (χ1n) is 7.11. The van der Waals surface area contributed by atoms with Crippen LogP contribution in [-0.2, 0) is 9.53 Å². The molecular formula is C14H27NO3. The number of aliphatic hydroxyl groups excluding tert-OH is 1. The highest BCUT2D eigenvalue weighted by molar-refractivity contribution is 5.76. The topological polar surface area (TPSA) is 58.6 Å². The summed E-state index contributed by atoms with van der Waals surface area (Å²) in [5, 5.41) is 12.6. The number of rotatable bonds is 7. The molecule has 4 heteroatoms. The van der Waals surface area contributed by atoms with Crippen molar-refractivity contribution in [3.8, 4) is 0 Å². The molecule has 1 saturated carbocycles. The molecule has 2 N–H and O–H groups in total. The van der Waals surface area contributed by atoms with E-state index in [1.165, 1.54) is 6.42 Å². The summed E-state index contributed by atoms with van der Waals surface area (Å²) in [7, 11) is 0. The molecule has 0 aromatic rings. The molecule has 18 heavy (non-hydrogen) atoms. The standard InChI is InChI=1S/C14H27NO3/c1-3-8-18-9-6-13(17)15-14(11-16)7-4-5-12(2)10-14/h12,16H,3-11H2,1-2H3,(H,15,17). The van der Waals surface area contributed by atoms with Crippen LogP contribution in [0.2, 0.25) is 0 Å². The number of hydrogen-bond acceptors (Lipinski definition) is 3. The van der Waals surface area contributed by atoms with E-state index in [2.05, 4.69) is 12.2 Å². The summed E-state index contributed by atoms with van der Waals surface area (Å²) in [6, 6.07) is 0. The highest BCUT2D eigenvalue weighted by Crippen LogP contribution is 2.31. The molecule has 106 valence electrons. The minimum atomic E-state index is -0.389. The number of amides is 1. The smallest absolute Gasteiger partial charge is 0.222 e. The first-order valence-corrected chi connectivity index (χ1v) is 7.11. The summed E-state index contributed by atoms with van der Waals surface area (Å²) < 4.78 is 5.31. The van der Waals surface area contributed by atoms with Gasteiger partial charge in [-0.15, -0.1) is 0 Å². The number of carbonyl (C=O) groups excluding carboxylic acids is 1. The second-order valence-corrected chi connectivity index (χ2v) is 5.55. The predicted octanol–water partition coefficient (Wildman–Crippen LogP) is 1.86. The molecule has 1 amide bonds. The summed E-state index contributed by atoms with van der Waals surface area (Å²) in [5.74, 6) is 0.566. The Morgan fingerprint density at radius 3 is 2.89 bits per heavy atom. The Hall–Kier alpha value is -0.610. The average Bonchev–Trinajstić information content (AvgIpc) is 2.34. The molecule has 0 aliphatic heterocycles. The maximum atomic E-state index is 11.8. The van der Waals surface area contributed by atoms with E-state index < -0.39 is 0 Å². The van der Waals surface area contributed by atoms with Gasteiger partial charge in [-0.25, -0.2) is 0 Å². The number of aliphatic hydroxyl groups is 1. The Bertz CT molecular complexity index is 257. The molecule has 0 spiro atoms. The van der Waals surface area contributed by atoms with Crippen molar-refractivity contribution in [1.29, 1.82) is 0 Å². The van der Waals surface area contributed by atoms with Gasteiger partial charge in [-0.3, -0.25) is 4.79 Å². The maximum absolute atomic E-state index is 11.8. The molecule has 0 aromatic carbocycles. The van der Waals surface area contributed by atoms with E-state index >= 15 is 0 Å². The van der Waals surface area contributed by atoms with Crippen LogP contribution < -0.4 is 5.32 Å². The minimum Gasteiger partial charge on any atom is -0.394 e. The molecule has 1 fully saturated rings. The second kappa shape index (κ2) is 7.74. The Labute approximate surface area is 110 Å². The van der Waals surface area contributed by atoms with Crippen molar-refractivity contribution in [2.75, 3.05) is 19.8 Å². The van der Waals surface area contributed by atoms with Crippen molar-refractivity contribution in [1.82, 2.24) is 5.32 Å². The van der Waals surface area contributed by atoms with Crippen LogP contribution in [0.3, 0.4) is 0 Å². The van der Waals surface area contributed by atoms with Crippen LogP contribution in [0.15, 0.2) is 0 Å². The molecular weight excluding hydrogens is 230 g/mol. The molecule has 1 rings (SSSR count). The van der Waals surface area contributed by atoms with Gasteiger partial charge in [0.25, 0.3) is 0 Å². The normalized spacial score (nSPS) is 28.1. The van der Waals surface area contributed by atoms with Gasteiger partial charge >= 0.3 is 0 Å². The largest absolute Gasteiger partial charge is 0.394 e. The zero-order chi connectivity index (χ0) is 13.4. The van der Waals surface area contributed by atoms with Crippen LogP contribution in [-0.4, -0.2) is 36.4 Å². The lowest BCUT2D eigenvalue weighted by Gasteiger charge is -2.39. The quantitative estimate of drug-likeness (QED) is 0.684. The van der Waals surface area contributed by atoms with Crippen molar-refractivity contribution in [3.63, 3.8) is 0 Å². The number of nitrogens with one attached hydrogen (secondary N) is 1. The molecule has 0 aromatic heterocycles. The van der Waals surface area contributed by atoms with Gasteiger partial charge < -0.3 is 15.2 Å². The maximum Gasteiger partial charge on any atom is 0.222 e. The Morgan fingerprint density at radius 1 is 1.50 bits per heavy atom. The van der Waals surface area contributed by atoms with Crippen LogP contribution >= 0.6 is 0 Å². The van der Waals surface area contributed by atoms with Gasteiger partial charge in [-0.2, -0.15) is 0 Å². The molecule has 0 saturated heterocycles. The minimum absolute atomic E-state index is 0.00532. The lowest BCUT2D eigenvalue weighted by molar-refractivity contribution is -0.125. The van der Waals surface area contributed by atoms with Gasteiger partial charge in [-0.05, 0) is 25.2 Å². The first kappa shape index (κ1) is 15.4. The predicted molar refractivity (Wildman–Crippen MR) is 71.3 cm³/mol. The van der Waals surface area contributed by atoms with Gasteiger partial charge in [0.2, 0.25) is 5.91 Å². The van der Waals surface area contributed by atoms with Gasteiger partial charge in [0.15, 0.2) is 0 Å². The van der Waals surface area contributed by atoms with Crippen LogP contribution in [0, 0.1) is 5.92 Å². The Kier molecular flexibility index (Phi) is 6.65. The molecule has 0 heterocycles. The lowest BCUT2D eigenvalue weighted by atomic mass is 9.77. The Morgan fingerprint density at radius 2 is 2.28 bits per heavy atom. The number of carbonyl (C=O) groups is 1. The van der Waals surface area contributed by atoms with Gasteiger partial charge in [0, 0.05) is 13.0 Å². The van der Waals surface area contributed by atoms with Crippen molar-refractivity contribution >= 4 is 5.91 Å². The van der Waals surface area contributed by atoms with Crippen molar-refractivity contribution < 1.29 is 14.6 Å². The summed E-state index contributed by atoms with van der Waals surface area (Å²) in [4.78, 5) is 11.8. The van der Waals surface area contributed by atoms with E-state index in [0.29, 0.717) is 25.6 Å². The molecule has 1 aliphatic carbocycles. The summed E-state index contributed by atoms with van der Waals surface area (Å²) in [6.45, 7) is 5.44. The molecule has 4 nitrogen and oxygen atoms in total. The second-order valence-electron chi connectivity index (χ2n) is 5.55. The van der Waals surface area contributed by atoms with Crippen LogP contribution in [0.4, 0.5) is 0 Å². The van der Waals surface area contributed by atoms with E-state index in [1.54, 1.807) is 0 Å². The van der Waals surface area contributed by atoms with Crippen LogP contribution in [0.25, 0.3) is 0 Å². The van der Waals surface area contributed by atoms with Crippen molar-refractivity contribution in [2.24, 2.45) is 5.92 Å².